The van der Waals surface area contributed by atoms with Gasteiger partial charge in [-0.05, 0) is 48.2 Å². The van der Waals surface area contributed by atoms with Crippen LogP contribution in [0.4, 0.5) is 0 Å². The summed E-state index contributed by atoms with van der Waals surface area (Å²) < 4.78 is 10.9. The van der Waals surface area contributed by atoms with Crippen LogP contribution in [0, 0.1) is 6.92 Å². The van der Waals surface area contributed by atoms with E-state index in [1.165, 1.54) is 16.7 Å². The second-order valence-corrected chi connectivity index (χ2v) is 6.32. The molecule has 0 saturated heterocycles. The van der Waals surface area contributed by atoms with Gasteiger partial charge in [0.2, 0.25) is 0 Å². The van der Waals surface area contributed by atoms with E-state index in [1.54, 1.807) is 14.2 Å². The normalized spacial score (nSPS) is 14.0. The molecule has 0 fully saturated rings. The number of aliphatic imine (C=N–C) groups is 1. The van der Waals surface area contributed by atoms with Crippen molar-refractivity contribution in [2.45, 2.75) is 26.4 Å². The van der Waals surface area contributed by atoms with Crippen LogP contribution in [0.15, 0.2) is 35.5 Å². The zero-order valence-corrected chi connectivity index (χ0v) is 15.9. The third kappa shape index (κ3) is 3.74. The molecule has 2 heterocycles. The molecule has 1 aromatic carbocycles. The first-order chi connectivity index (χ1) is 12.7. The highest BCUT2D eigenvalue weighted by Gasteiger charge is 2.21. The number of hydrogen-bond acceptors (Lipinski definition) is 4. The van der Waals surface area contributed by atoms with Crippen LogP contribution < -0.4 is 14.8 Å². The molecule has 0 amide bonds. The Kier molecular flexibility index (Phi) is 5.61. The number of fused-ring (bicyclic) bond motifs is 1. The van der Waals surface area contributed by atoms with E-state index in [0.29, 0.717) is 6.54 Å². The first-order valence-corrected chi connectivity index (χ1v) is 8.76. The molecule has 138 valence electrons. The molecule has 6 nitrogen and oxygen atoms in total. The molecule has 0 aliphatic carbocycles. The lowest BCUT2D eigenvalue weighted by atomic mass is 9.99. The number of nitrogens with zero attached hydrogens (tertiary/aromatic N) is 3. The highest BCUT2D eigenvalue weighted by atomic mass is 16.5. The SMILES string of the molecule is CN=C(NCc1ncccc1C)N1CCc2cc(OC)c(OC)cc2C1. The average molecular weight is 354 g/mol. The maximum atomic E-state index is 5.45. The zero-order chi connectivity index (χ0) is 18.5. The van der Waals surface area contributed by atoms with Crippen molar-refractivity contribution >= 4 is 5.96 Å². The number of guanidine groups is 1. The van der Waals surface area contributed by atoms with Crippen molar-refractivity contribution in [3.8, 4) is 11.5 Å². The van der Waals surface area contributed by atoms with Crippen molar-refractivity contribution in [3.63, 3.8) is 0 Å². The van der Waals surface area contributed by atoms with Crippen LogP contribution in [-0.4, -0.2) is 43.7 Å². The predicted octanol–water partition coefficient (Wildman–Crippen LogP) is 2.54. The van der Waals surface area contributed by atoms with Crippen LogP contribution in [0.3, 0.4) is 0 Å². The van der Waals surface area contributed by atoms with Crippen molar-refractivity contribution < 1.29 is 9.47 Å². The molecular weight excluding hydrogens is 328 g/mol. The Morgan fingerprint density at radius 1 is 1.23 bits per heavy atom. The van der Waals surface area contributed by atoms with E-state index in [2.05, 4.69) is 45.3 Å². The van der Waals surface area contributed by atoms with Gasteiger partial charge in [-0.25, -0.2) is 0 Å². The molecule has 0 unspecified atom stereocenters. The third-order valence-electron chi connectivity index (χ3n) is 4.76. The van der Waals surface area contributed by atoms with E-state index in [-0.39, 0.29) is 0 Å². The third-order valence-corrected chi connectivity index (χ3v) is 4.76. The van der Waals surface area contributed by atoms with Crippen LogP contribution in [0.5, 0.6) is 11.5 Å². The second kappa shape index (κ2) is 8.08. The maximum Gasteiger partial charge on any atom is 0.194 e. The minimum absolute atomic E-state index is 0.661. The number of hydrogen-bond donors (Lipinski definition) is 1. The van der Waals surface area contributed by atoms with E-state index in [0.717, 1.165) is 42.7 Å². The molecule has 0 spiro atoms. The van der Waals surface area contributed by atoms with Gasteiger partial charge in [0.25, 0.3) is 0 Å². The molecule has 1 aliphatic rings. The van der Waals surface area contributed by atoms with Gasteiger partial charge in [-0.15, -0.1) is 0 Å². The predicted molar refractivity (Wildman–Crippen MR) is 103 cm³/mol. The van der Waals surface area contributed by atoms with Gasteiger partial charge in [0.1, 0.15) is 0 Å². The molecule has 0 atom stereocenters. The first kappa shape index (κ1) is 18.0. The smallest absolute Gasteiger partial charge is 0.194 e. The summed E-state index contributed by atoms with van der Waals surface area (Å²) in [4.78, 5) is 11.2. The second-order valence-electron chi connectivity index (χ2n) is 6.32. The molecule has 1 N–H and O–H groups in total. The molecular formula is C20H26N4O2. The van der Waals surface area contributed by atoms with E-state index in [4.69, 9.17) is 9.47 Å². The molecule has 26 heavy (non-hydrogen) atoms. The largest absolute Gasteiger partial charge is 0.493 e. The van der Waals surface area contributed by atoms with Crippen molar-refractivity contribution in [2.24, 2.45) is 4.99 Å². The van der Waals surface area contributed by atoms with Crippen molar-refractivity contribution in [1.29, 1.82) is 0 Å². The monoisotopic (exact) mass is 354 g/mol. The van der Waals surface area contributed by atoms with E-state index >= 15 is 0 Å². The number of aromatic nitrogens is 1. The summed E-state index contributed by atoms with van der Waals surface area (Å²) in [7, 11) is 5.16. The number of methoxy groups -OCH3 is 2. The lowest BCUT2D eigenvalue weighted by molar-refractivity contribution is 0.346. The van der Waals surface area contributed by atoms with Gasteiger partial charge < -0.3 is 19.7 Å². The van der Waals surface area contributed by atoms with E-state index in [9.17, 15) is 0 Å². The molecule has 0 saturated carbocycles. The van der Waals surface area contributed by atoms with Crippen LogP contribution in [0.2, 0.25) is 0 Å². The van der Waals surface area contributed by atoms with Gasteiger partial charge in [-0.3, -0.25) is 9.98 Å². The van der Waals surface area contributed by atoms with Crippen LogP contribution in [0.1, 0.15) is 22.4 Å². The highest BCUT2D eigenvalue weighted by Crippen LogP contribution is 2.33. The lowest BCUT2D eigenvalue weighted by Gasteiger charge is -2.32. The summed E-state index contributed by atoms with van der Waals surface area (Å²) in [6.07, 6.45) is 2.77. The van der Waals surface area contributed by atoms with Gasteiger partial charge >= 0.3 is 0 Å². The molecule has 1 aromatic heterocycles. The molecule has 6 heteroatoms. The fourth-order valence-corrected chi connectivity index (χ4v) is 3.26. The fraction of sp³-hybridized carbons (Fsp3) is 0.400. The van der Waals surface area contributed by atoms with Gasteiger partial charge in [0.15, 0.2) is 17.5 Å². The number of pyridine rings is 1. The summed E-state index contributed by atoms with van der Waals surface area (Å²) in [5, 5.41) is 3.44. The van der Waals surface area contributed by atoms with Crippen molar-refractivity contribution in [2.75, 3.05) is 27.8 Å². The Labute approximate surface area is 154 Å². The van der Waals surface area contributed by atoms with Gasteiger partial charge in [0.05, 0.1) is 26.5 Å². The number of rotatable bonds is 4. The Balaban J connectivity index is 1.73. The number of aryl methyl sites for hydroxylation is 1. The Hall–Kier alpha value is -2.76. The summed E-state index contributed by atoms with van der Waals surface area (Å²) >= 11 is 0. The lowest BCUT2D eigenvalue weighted by Crippen LogP contribution is -2.43. The van der Waals surface area contributed by atoms with Gasteiger partial charge in [0, 0.05) is 26.3 Å². The van der Waals surface area contributed by atoms with E-state index < -0.39 is 0 Å². The molecule has 3 rings (SSSR count). The van der Waals surface area contributed by atoms with Crippen LogP contribution in [0.25, 0.3) is 0 Å². The maximum absolute atomic E-state index is 5.45. The molecule has 2 aromatic rings. The summed E-state index contributed by atoms with van der Waals surface area (Å²) in [5.74, 6) is 2.43. The summed E-state index contributed by atoms with van der Waals surface area (Å²) in [6, 6.07) is 8.18. The zero-order valence-electron chi connectivity index (χ0n) is 15.9. The fourth-order valence-electron chi connectivity index (χ4n) is 3.26. The number of benzene rings is 1. The van der Waals surface area contributed by atoms with E-state index in [1.807, 2.05) is 19.3 Å². The summed E-state index contributed by atoms with van der Waals surface area (Å²) in [6.45, 7) is 4.43. The highest BCUT2D eigenvalue weighted by molar-refractivity contribution is 5.80. The minimum Gasteiger partial charge on any atom is -0.493 e. The molecule has 1 aliphatic heterocycles. The Morgan fingerprint density at radius 3 is 2.62 bits per heavy atom. The minimum atomic E-state index is 0.661. The topological polar surface area (TPSA) is 59.0 Å². The van der Waals surface area contributed by atoms with Crippen molar-refractivity contribution in [3.05, 3.63) is 52.8 Å². The number of nitrogens with one attached hydrogen (secondary N) is 1. The van der Waals surface area contributed by atoms with Crippen molar-refractivity contribution in [1.82, 2.24) is 15.2 Å². The first-order valence-electron chi connectivity index (χ1n) is 8.76. The Bertz CT molecular complexity index is 804. The quantitative estimate of drug-likeness (QED) is 0.675. The average Bonchev–Trinajstić information content (AvgIpc) is 2.68. The van der Waals surface area contributed by atoms with Crippen LogP contribution in [-0.2, 0) is 19.5 Å². The molecule has 0 radical (unpaired) electrons. The van der Waals surface area contributed by atoms with Crippen LogP contribution >= 0.6 is 0 Å². The standard InChI is InChI=1S/C20H26N4O2/c1-14-6-5-8-22-17(14)12-23-20(21-2)24-9-7-15-10-18(25-3)19(26-4)11-16(15)13-24/h5-6,8,10-11H,7,9,12-13H2,1-4H3,(H,21,23). The summed E-state index contributed by atoms with van der Waals surface area (Å²) in [5.41, 5.74) is 4.76. The van der Waals surface area contributed by atoms with Gasteiger partial charge in [-0.1, -0.05) is 6.07 Å². The number of ether oxygens (including phenoxy) is 2. The molecule has 0 bridgehead atoms. The van der Waals surface area contributed by atoms with Gasteiger partial charge in [-0.2, -0.15) is 0 Å². The Morgan fingerprint density at radius 2 is 1.96 bits per heavy atom.